The summed E-state index contributed by atoms with van der Waals surface area (Å²) >= 11 is 0. The van der Waals surface area contributed by atoms with Crippen LogP contribution >= 0.6 is 0 Å². The van der Waals surface area contributed by atoms with E-state index < -0.39 is 0 Å². The Bertz CT molecular complexity index is 576. The summed E-state index contributed by atoms with van der Waals surface area (Å²) in [5, 5.41) is 3.10. The molecular weight excluding hydrogens is 224 g/mol. The Morgan fingerprint density at radius 2 is 2.06 bits per heavy atom. The van der Waals surface area contributed by atoms with Crippen molar-refractivity contribution in [2.45, 2.75) is 25.7 Å². The smallest absolute Gasteiger partial charge is 0.180 e. The minimum absolute atomic E-state index is 0.614. The van der Waals surface area contributed by atoms with E-state index in [-0.39, 0.29) is 0 Å². The average Bonchev–Trinajstić information content (AvgIpc) is 3.22. The number of aryl methyl sites for hydroxylation is 1. The van der Waals surface area contributed by atoms with Crippen LogP contribution in [0.5, 0.6) is 0 Å². The Morgan fingerprint density at radius 1 is 1.22 bits per heavy atom. The monoisotopic (exact) mass is 240 g/mol. The fraction of sp³-hybridized carbons (Fsp3) is 0.357. The summed E-state index contributed by atoms with van der Waals surface area (Å²) in [6.45, 7) is 2.05. The second kappa shape index (κ2) is 4.37. The zero-order valence-corrected chi connectivity index (χ0v) is 10.6. The zero-order chi connectivity index (χ0) is 12.5. The van der Waals surface area contributed by atoms with Crippen LogP contribution in [-0.2, 0) is 0 Å². The van der Waals surface area contributed by atoms with Gasteiger partial charge in [0.1, 0.15) is 11.5 Å². The standard InChI is InChI=1S/C14H16N4/c1-9-5-6-16-12(7-9)14-17-11(10-3-4-10)8-13(15-2)18-14/h5-8,10H,3-4H2,1-2H3,(H,15,17,18). The van der Waals surface area contributed by atoms with Crippen molar-refractivity contribution in [2.75, 3.05) is 12.4 Å². The number of nitrogens with one attached hydrogen (secondary N) is 1. The van der Waals surface area contributed by atoms with Crippen molar-refractivity contribution in [1.82, 2.24) is 15.0 Å². The summed E-state index contributed by atoms with van der Waals surface area (Å²) in [5.41, 5.74) is 3.15. The molecule has 0 radical (unpaired) electrons. The lowest BCUT2D eigenvalue weighted by atomic mass is 10.2. The summed E-state index contributed by atoms with van der Waals surface area (Å²) in [6.07, 6.45) is 4.28. The maximum atomic E-state index is 4.64. The summed E-state index contributed by atoms with van der Waals surface area (Å²) in [4.78, 5) is 13.5. The second-order valence-corrected chi connectivity index (χ2v) is 4.74. The molecule has 0 unspecified atom stereocenters. The van der Waals surface area contributed by atoms with E-state index in [9.17, 15) is 0 Å². The lowest BCUT2D eigenvalue weighted by Crippen LogP contribution is -2.01. The lowest BCUT2D eigenvalue weighted by molar-refractivity contribution is 0.987. The molecule has 0 amide bonds. The third-order valence-electron chi connectivity index (χ3n) is 3.14. The predicted molar refractivity (Wildman–Crippen MR) is 71.5 cm³/mol. The van der Waals surface area contributed by atoms with E-state index in [4.69, 9.17) is 0 Å². The minimum Gasteiger partial charge on any atom is -0.373 e. The molecule has 1 aliphatic carbocycles. The van der Waals surface area contributed by atoms with Crippen LogP contribution in [0.3, 0.4) is 0 Å². The van der Waals surface area contributed by atoms with Crippen LogP contribution in [0.2, 0.25) is 0 Å². The van der Waals surface area contributed by atoms with E-state index in [2.05, 4.69) is 27.2 Å². The number of hydrogen-bond acceptors (Lipinski definition) is 4. The van der Waals surface area contributed by atoms with Crippen molar-refractivity contribution in [3.05, 3.63) is 35.7 Å². The van der Waals surface area contributed by atoms with E-state index in [1.165, 1.54) is 18.4 Å². The first-order chi connectivity index (χ1) is 8.76. The SMILES string of the molecule is CNc1cc(C2CC2)nc(-c2cc(C)ccn2)n1. The highest BCUT2D eigenvalue weighted by Crippen LogP contribution is 2.40. The highest BCUT2D eigenvalue weighted by Gasteiger charge is 2.26. The van der Waals surface area contributed by atoms with Crippen LogP contribution < -0.4 is 5.32 Å². The predicted octanol–water partition coefficient (Wildman–Crippen LogP) is 2.77. The molecule has 1 aliphatic rings. The molecule has 1 N–H and O–H groups in total. The van der Waals surface area contributed by atoms with Crippen molar-refractivity contribution in [1.29, 1.82) is 0 Å². The van der Waals surface area contributed by atoms with Crippen molar-refractivity contribution in [2.24, 2.45) is 0 Å². The fourth-order valence-corrected chi connectivity index (χ4v) is 1.96. The number of rotatable bonds is 3. The molecule has 4 nitrogen and oxygen atoms in total. The van der Waals surface area contributed by atoms with Gasteiger partial charge in [-0.3, -0.25) is 4.98 Å². The molecule has 2 heterocycles. The molecule has 0 saturated heterocycles. The molecule has 0 aromatic carbocycles. The quantitative estimate of drug-likeness (QED) is 0.896. The van der Waals surface area contributed by atoms with Crippen LogP contribution in [0.1, 0.15) is 30.0 Å². The number of hydrogen-bond donors (Lipinski definition) is 1. The van der Waals surface area contributed by atoms with E-state index in [0.29, 0.717) is 11.7 Å². The first-order valence-corrected chi connectivity index (χ1v) is 6.26. The van der Waals surface area contributed by atoms with Gasteiger partial charge in [-0.2, -0.15) is 0 Å². The molecule has 0 aliphatic heterocycles. The first-order valence-electron chi connectivity index (χ1n) is 6.26. The summed E-state index contributed by atoms with van der Waals surface area (Å²) in [5.74, 6) is 2.20. The Hall–Kier alpha value is -1.97. The molecule has 92 valence electrons. The number of nitrogens with zero attached hydrogens (tertiary/aromatic N) is 3. The van der Waals surface area contributed by atoms with Crippen LogP contribution in [0, 0.1) is 6.92 Å². The normalized spacial score (nSPS) is 14.6. The first kappa shape index (κ1) is 11.1. The van der Waals surface area contributed by atoms with Gasteiger partial charge in [0.05, 0.1) is 0 Å². The molecule has 0 atom stereocenters. The van der Waals surface area contributed by atoms with Crippen molar-refractivity contribution in [3.63, 3.8) is 0 Å². The van der Waals surface area contributed by atoms with Crippen molar-refractivity contribution in [3.8, 4) is 11.5 Å². The van der Waals surface area contributed by atoms with Gasteiger partial charge in [-0.05, 0) is 37.5 Å². The van der Waals surface area contributed by atoms with Gasteiger partial charge in [-0.15, -0.1) is 0 Å². The van der Waals surface area contributed by atoms with E-state index >= 15 is 0 Å². The molecule has 4 heteroatoms. The molecule has 2 aromatic rings. The molecule has 3 rings (SSSR count). The van der Waals surface area contributed by atoms with Gasteiger partial charge in [0.25, 0.3) is 0 Å². The lowest BCUT2D eigenvalue weighted by Gasteiger charge is -2.07. The minimum atomic E-state index is 0.614. The van der Waals surface area contributed by atoms with Crippen LogP contribution in [0.4, 0.5) is 5.82 Å². The summed E-state index contributed by atoms with van der Waals surface area (Å²) < 4.78 is 0. The largest absolute Gasteiger partial charge is 0.373 e. The summed E-state index contributed by atoms with van der Waals surface area (Å²) in [7, 11) is 1.88. The van der Waals surface area contributed by atoms with Gasteiger partial charge in [-0.1, -0.05) is 0 Å². The second-order valence-electron chi connectivity index (χ2n) is 4.74. The van der Waals surface area contributed by atoms with Gasteiger partial charge in [0, 0.05) is 30.9 Å². The molecule has 0 spiro atoms. The highest BCUT2D eigenvalue weighted by molar-refractivity contribution is 5.54. The Morgan fingerprint density at radius 3 is 2.72 bits per heavy atom. The van der Waals surface area contributed by atoms with E-state index in [0.717, 1.165) is 17.2 Å². The van der Waals surface area contributed by atoms with Crippen molar-refractivity contribution >= 4 is 5.82 Å². The molecule has 18 heavy (non-hydrogen) atoms. The van der Waals surface area contributed by atoms with Crippen LogP contribution in [0.25, 0.3) is 11.5 Å². The number of aromatic nitrogens is 3. The van der Waals surface area contributed by atoms with Crippen LogP contribution in [-0.4, -0.2) is 22.0 Å². The Balaban J connectivity index is 2.07. The van der Waals surface area contributed by atoms with E-state index in [1.54, 1.807) is 6.20 Å². The van der Waals surface area contributed by atoms with Gasteiger partial charge in [0.15, 0.2) is 5.82 Å². The number of anilines is 1. The van der Waals surface area contributed by atoms with Crippen LogP contribution in [0.15, 0.2) is 24.4 Å². The van der Waals surface area contributed by atoms with Gasteiger partial charge >= 0.3 is 0 Å². The molecule has 0 bridgehead atoms. The third-order valence-corrected chi connectivity index (χ3v) is 3.14. The molecule has 1 saturated carbocycles. The average molecular weight is 240 g/mol. The van der Waals surface area contributed by atoms with E-state index in [1.807, 2.05) is 25.2 Å². The fourth-order valence-electron chi connectivity index (χ4n) is 1.96. The third kappa shape index (κ3) is 2.18. The zero-order valence-electron chi connectivity index (χ0n) is 10.6. The highest BCUT2D eigenvalue weighted by atomic mass is 15.0. The number of pyridine rings is 1. The molecular formula is C14H16N4. The molecule has 1 fully saturated rings. The van der Waals surface area contributed by atoms with Gasteiger partial charge in [-0.25, -0.2) is 9.97 Å². The maximum absolute atomic E-state index is 4.64. The Labute approximate surface area is 107 Å². The Kier molecular flexibility index (Phi) is 2.70. The summed E-state index contributed by atoms with van der Waals surface area (Å²) in [6, 6.07) is 6.04. The maximum Gasteiger partial charge on any atom is 0.180 e. The van der Waals surface area contributed by atoms with Crippen molar-refractivity contribution < 1.29 is 0 Å². The van der Waals surface area contributed by atoms with Gasteiger partial charge in [0.2, 0.25) is 0 Å². The topological polar surface area (TPSA) is 50.7 Å². The molecule has 2 aromatic heterocycles. The van der Waals surface area contributed by atoms with Gasteiger partial charge < -0.3 is 5.32 Å².